The molecule has 0 aromatic heterocycles. The first-order chi connectivity index (χ1) is 8.96. The summed E-state index contributed by atoms with van der Waals surface area (Å²) < 4.78 is 15.3. The van der Waals surface area contributed by atoms with E-state index in [1.165, 1.54) is 33.5 Å². The van der Waals surface area contributed by atoms with Gasteiger partial charge < -0.3 is 30.2 Å². The molecule has 106 valence electrons. The van der Waals surface area contributed by atoms with Gasteiger partial charge in [0.25, 0.3) is 0 Å². The van der Waals surface area contributed by atoms with E-state index >= 15 is 0 Å². The summed E-state index contributed by atoms with van der Waals surface area (Å²) in [6.07, 6.45) is -1.38. The molecule has 0 aliphatic carbocycles. The number of carboxylic acid groups (broad SMARTS) is 1. The number of hydrogen-bond acceptors (Lipinski definition) is 6. The van der Waals surface area contributed by atoms with Crippen LogP contribution in [0.3, 0.4) is 0 Å². The van der Waals surface area contributed by atoms with Crippen molar-refractivity contribution in [2.45, 2.75) is 12.1 Å². The van der Waals surface area contributed by atoms with Gasteiger partial charge in [0.15, 0.2) is 11.5 Å². The largest absolute Gasteiger partial charge is 0.493 e. The molecule has 19 heavy (non-hydrogen) atoms. The maximum atomic E-state index is 10.8. The minimum atomic E-state index is -1.44. The minimum Gasteiger partial charge on any atom is -0.493 e. The Labute approximate surface area is 110 Å². The Morgan fingerprint density at radius 3 is 1.95 bits per heavy atom. The number of nitrogens with two attached hydrogens (primary N) is 1. The minimum absolute atomic E-state index is 0.268. The Balaban J connectivity index is 3.26. The van der Waals surface area contributed by atoms with Crippen molar-refractivity contribution in [2.24, 2.45) is 5.73 Å². The van der Waals surface area contributed by atoms with E-state index in [9.17, 15) is 9.90 Å². The molecule has 1 aromatic carbocycles. The molecule has 2 unspecified atom stereocenters. The molecule has 7 heteroatoms. The van der Waals surface area contributed by atoms with Crippen molar-refractivity contribution in [1.29, 1.82) is 0 Å². The summed E-state index contributed by atoms with van der Waals surface area (Å²) in [4.78, 5) is 10.8. The summed E-state index contributed by atoms with van der Waals surface area (Å²) in [5.74, 6) is -0.326. The topological polar surface area (TPSA) is 111 Å². The predicted octanol–water partition coefficient (Wildman–Crippen LogP) is 0.158. The summed E-state index contributed by atoms with van der Waals surface area (Å²) >= 11 is 0. The van der Waals surface area contributed by atoms with Gasteiger partial charge in [0.2, 0.25) is 5.75 Å². The summed E-state index contributed by atoms with van der Waals surface area (Å²) in [6.45, 7) is 0. The number of aliphatic hydroxyl groups is 1. The van der Waals surface area contributed by atoms with Crippen LogP contribution >= 0.6 is 0 Å². The van der Waals surface area contributed by atoms with Crippen LogP contribution in [0.2, 0.25) is 0 Å². The molecule has 0 spiro atoms. The molecule has 0 fully saturated rings. The van der Waals surface area contributed by atoms with Gasteiger partial charge in [-0.25, -0.2) is 0 Å². The van der Waals surface area contributed by atoms with Crippen LogP contribution in [-0.4, -0.2) is 43.6 Å². The Kier molecular flexibility index (Phi) is 4.96. The number of carboxylic acids is 1. The normalized spacial score (nSPS) is 13.5. The number of ether oxygens (including phenoxy) is 3. The van der Waals surface area contributed by atoms with E-state index < -0.39 is 18.1 Å². The fraction of sp³-hybridized carbons (Fsp3) is 0.417. The molecule has 1 aromatic rings. The Hall–Kier alpha value is -1.99. The highest BCUT2D eigenvalue weighted by Crippen LogP contribution is 2.39. The zero-order valence-electron chi connectivity index (χ0n) is 10.9. The van der Waals surface area contributed by atoms with E-state index in [1.807, 2.05) is 0 Å². The Morgan fingerprint density at radius 1 is 1.16 bits per heavy atom. The van der Waals surface area contributed by atoms with Gasteiger partial charge in [-0.1, -0.05) is 0 Å². The van der Waals surface area contributed by atoms with Gasteiger partial charge in [0.05, 0.1) is 21.3 Å². The highest BCUT2D eigenvalue weighted by molar-refractivity contribution is 5.74. The Morgan fingerprint density at radius 2 is 1.63 bits per heavy atom. The molecule has 0 heterocycles. The number of hydrogen-bond donors (Lipinski definition) is 3. The standard InChI is InChI=1S/C12H17NO6/c1-17-7-4-6(10(14)9(13)12(15)16)5-8(18-2)11(7)19-3/h4-5,9-10,14H,13H2,1-3H3,(H,15,16). The molecule has 4 N–H and O–H groups in total. The summed E-state index contributed by atoms with van der Waals surface area (Å²) in [7, 11) is 4.29. The van der Waals surface area contributed by atoms with Crippen LogP contribution in [0.25, 0.3) is 0 Å². The second kappa shape index (κ2) is 6.26. The second-order valence-electron chi connectivity index (χ2n) is 3.77. The molecule has 0 bridgehead atoms. The number of methoxy groups -OCH3 is 3. The third-order valence-electron chi connectivity index (χ3n) is 2.65. The van der Waals surface area contributed by atoms with Crippen LogP contribution in [0.15, 0.2) is 12.1 Å². The molecule has 0 saturated carbocycles. The fourth-order valence-electron chi connectivity index (χ4n) is 1.61. The van der Waals surface area contributed by atoms with Gasteiger partial charge in [0, 0.05) is 0 Å². The van der Waals surface area contributed by atoms with Crippen LogP contribution in [0.1, 0.15) is 11.7 Å². The van der Waals surface area contributed by atoms with E-state index in [0.717, 1.165) is 0 Å². The summed E-state index contributed by atoms with van der Waals surface area (Å²) in [6, 6.07) is 1.46. The number of benzene rings is 1. The lowest BCUT2D eigenvalue weighted by molar-refractivity contribution is -0.141. The molecule has 0 aliphatic rings. The van der Waals surface area contributed by atoms with Crippen molar-refractivity contribution >= 4 is 5.97 Å². The lowest BCUT2D eigenvalue weighted by Gasteiger charge is -2.19. The maximum absolute atomic E-state index is 10.8. The van der Waals surface area contributed by atoms with Gasteiger partial charge in [-0.3, -0.25) is 4.79 Å². The average Bonchev–Trinajstić information content (AvgIpc) is 2.43. The smallest absolute Gasteiger partial charge is 0.323 e. The number of aliphatic hydroxyl groups excluding tert-OH is 1. The van der Waals surface area contributed by atoms with Crippen molar-refractivity contribution in [3.05, 3.63) is 17.7 Å². The van der Waals surface area contributed by atoms with Crippen molar-refractivity contribution in [3.8, 4) is 17.2 Å². The molecule has 0 saturated heterocycles. The zero-order valence-corrected chi connectivity index (χ0v) is 10.9. The monoisotopic (exact) mass is 271 g/mol. The van der Waals surface area contributed by atoms with Crippen molar-refractivity contribution in [1.82, 2.24) is 0 Å². The molecule has 0 radical (unpaired) electrons. The molecule has 2 atom stereocenters. The fourth-order valence-corrected chi connectivity index (χ4v) is 1.61. The third kappa shape index (κ3) is 3.07. The second-order valence-corrected chi connectivity index (χ2v) is 3.77. The lowest BCUT2D eigenvalue weighted by atomic mass is 10.0. The molecular weight excluding hydrogens is 254 g/mol. The zero-order chi connectivity index (χ0) is 14.6. The SMILES string of the molecule is COc1cc(C(O)C(N)C(=O)O)cc(OC)c1OC. The van der Waals surface area contributed by atoms with E-state index in [0.29, 0.717) is 17.2 Å². The average molecular weight is 271 g/mol. The molecular formula is C12H17NO6. The van der Waals surface area contributed by atoms with Crippen LogP contribution in [-0.2, 0) is 4.79 Å². The first-order valence-electron chi connectivity index (χ1n) is 5.42. The highest BCUT2D eigenvalue weighted by Gasteiger charge is 2.26. The van der Waals surface area contributed by atoms with Crippen molar-refractivity contribution < 1.29 is 29.2 Å². The maximum Gasteiger partial charge on any atom is 0.323 e. The number of carbonyl (C=O) groups is 1. The van der Waals surface area contributed by atoms with E-state index in [-0.39, 0.29) is 5.56 Å². The van der Waals surface area contributed by atoms with Gasteiger partial charge in [0.1, 0.15) is 12.1 Å². The quantitative estimate of drug-likeness (QED) is 0.675. The summed E-state index contributed by atoms with van der Waals surface area (Å²) in [5.41, 5.74) is 5.65. The highest BCUT2D eigenvalue weighted by atomic mass is 16.5. The van der Waals surface area contributed by atoms with Crippen LogP contribution in [0.4, 0.5) is 0 Å². The molecule has 7 nitrogen and oxygen atoms in total. The van der Waals surface area contributed by atoms with Crippen molar-refractivity contribution in [2.75, 3.05) is 21.3 Å². The third-order valence-corrected chi connectivity index (χ3v) is 2.65. The van der Waals surface area contributed by atoms with Crippen molar-refractivity contribution in [3.63, 3.8) is 0 Å². The van der Waals surface area contributed by atoms with Crippen LogP contribution < -0.4 is 19.9 Å². The van der Waals surface area contributed by atoms with Gasteiger partial charge in [-0.15, -0.1) is 0 Å². The first-order valence-corrected chi connectivity index (χ1v) is 5.42. The van der Waals surface area contributed by atoms with E-state index in [2.05, 4.69) is 0 Å². The van der Waals surface area contributed by atoms with Crippen LogP contribution in [0, 0.1) is 0 Å². The van der Waals surface area contributed by atoms with Gasteiger partial charge in [-0.2, -0.15) is 0 Å². The predicted molar refractivity (Wildman–Crippen MR) is 66.7 cm³/mol. The van der Waals surface area contributed by atoms with Gasteiger partial charge >= 0.3 is 5.97 Å². The summed E-state index contributed by atoms with van der Waals surface area (Å²) in [5, 5.41) is 18.7. The molecule has 1 rings (SSSR count). The van der Waals surface area contributed by atoms with E-state index in [4.69, 9.17) is 25.1 Å². The van der Waals surface area contributed by atoms with Gasteiger partial charge in [-0.05, 0) is 17.7 Å². The van der Waals surface area contributed by atoms with E-state index in [1.54, 1.807) is 0 Å². The van der Waals surface area contributed by atoms with Crippen LogP contribution in [0.5, 0.6) is 17.2 Å². The molecule has 0 amide bonds. The molecule has 0 aliphatic heterocycles. The number of rotatable bonds is 6. The lowest BCUT2D eigenvalue weighted by Crippen LogP contribution is -2.36. The first kappa shape index (κ1) is 15.1. The Bertz CT molecular complexity index is 437. The number of aliphatic carboxylic acids is 1.